The Morgan fingerprint density at radius 3 is 2.82 bits per heavy atom. The van der Waals surface area contributed by atoms with Crippen molar-refractivity contribution < 1.29 is 15.0 Å². The van der Waals surface area contributed by atoms with Crippen molar-refractivity contribution in [2.75, 3.05) is 43.4 Å². The summed E-state index contributed by atoms with van der Waals surface area (Å²) in [5.41, 5.74) is 4.05. The number of aryl methyl sites for hydroxylation is 1. The number of hydrogen-bond acceptors (Lipinski definition) is 9. The highest BCUT2D eigenvalue weighted by atomic mass is 16.4. The monoisotopic (exact) mass is 516 g/mol. The molecule has 0 amide bonds. The molecule has 4 N–H and O–H groups in total. The zero-order valence-electron chi connectivity index (χ0n) is 21.6. The number of aliphatic hydroxyl groups excluding tert-OH is 1. The van der Waals surface area contributed by atoms with Crippen molar-refractivity contribution in [2.24, 2.45) is 5.92 Å². The molecule has 0 saturated carbocycles. The number of carbonyl (C=O) groups is 1. The molecular weight excluding hydrogens is 484 g/mol. The summed E-state index contributed by atoms with van der Waals surface area (Å²) < 4.78 is 1.93. The summed E-state index contributed by atoms with van der Waals surface area (Å²) in [6.07, 6.45) is 3.51. The van der Waals surface area contributed by atoms with Crippen LogP contribution in [0.5, 0.6) is 0 Å². The third-order valence-corrected chi connectivity index (χ3v) is 7.50. The van der Waals surface area contributed by atoms with E-state index in [4.69, 9.17) is 10.1 Å². The molecule has 11 heteroatoms. The molecule has 1 fully saturated rings. The molecule has 1 aromatic carbocycles. The molecule has 2 aromatic heterocycles. The lowest BCUT2D eigenvalue weighted by molar-refractivity contribution is -0.138. The Bertz CT molecular complexity index is 1390. The highest BCUT2D eigenvalue weighted by molar-refractivity contribution is 5.76. The average Bonchev–Trinajstić information content (AvgIpc) is 3.43. The predicted molar refractivity (Wildman–Crippen MR) is 142 cm³/mol. The average molecular weight is 517 g/mol. The third kappa shape index (κ3) is 5.18. The summed E-state index contributed by atoms with van der Waals surface area (Å²) in [5.74, 6) is 0.818. The van der Waals surface area contributed by atoms with Crippen molar-refractivity contribution in [3.05, 3.63) is 47.3 Å². The molecule has 1 saturated heterocycles. The Morgan fingerprint density at radius 2 is 2.11 bits per heavy atom. The SMILES string of the molecule is Cc1cc(Nc2nccc(-c3cc(C#N)c4c(c3)[C@@](C)(CO)CN4)n2)n(CC2CCN(CC(=O)O)CC2)n1. The highest BCUT2D eigenvalue weighted by Crippen LogP contribution is 2.41. The Hall–Kier alpha value is -4.01. The first-order valence-electron chi connectivity index (χ1n) is 12.8. The number of carboxylic acids is 1. The molecule has 1 atom stereocenters. The Balaban J connectivity index is 1.35. The lowest BCUT2D eigenvalue weighted by Crippen LogP contribution is -2.38. The fourth-order valence-electron chi connectivity index (χ4n) is 5.31. The Kier molecular flexibility index (Phi) is 7.01. The first kappa shape index (κ1) is 25.6. The van der Waals surface area contributed by atoms with E-state index in [1.807, 2.05) is 41.6 Å². The molecule has 3 aromatic rings. The number of benzene rings is 1. The lowest BCUT2D eigenvalue weighted by Gasteiger charge is -2.30. The van der Waals surface area contributed by atoms with E-state index in [1.54, 1.807) is 12.3 Å². The number of nitriles is 1. The fourth-order valence-corrected chi connectivity index (χ4v) is 5.31. The van der Waals surface area contributed by atoms with Crippen molar-refractivity contribution in [3.63, 3.8) is 0 Å². The van der Waals surface area contributed by atoms with Crippen LogP contribution in [-0.4, -0.2) is 73.6 Å². The number of piperidine rings is 1. The van der Waals surface area contributed by atoms with Gasteiger partial charge in [0.2, 0.25) is 5.95 Å². The summed E-state index contributed by atoms with van der Waals surface area (Å²) in [7, 11) is 0. The molecule has 0 unspecified atom stereocenters. The summed E-state index contributed by atoms with van der Waals surface area (Å²) in [5, 5.41) is 40.0. The van der Waals surface area contributed by atoms with E-state index >= 15 is 0 Å². The molecular formula is C27H32N8O3. The van der Waals surface area contributed by atoms with Crippen molar-refractivity contribution >= 4 is 23.4 Å². The summed E-state index contributed by atoms with van der Waals surface area (Å²) >= 11 is 0. The third-order valence-electron chi connectivity index (χ3n) is 7.50. The number of likely N-dealkylation sites (tertiary alicyclic amines) is 1. The van der Waals surface area contributed by atoms with Gasteiger partial charge in [-0.1, -0.05) is 6.92 Å². The zero-order chi connectivity index (χ0) is 26.9. The molecule has 5 rings (SSSR count). The van der Waals surface area contributed by atoms with Crippen molar-refractivity contribution in [1.29, 1.82) is 5.26 Å². The van der Waals surface area contributed by atoms with Crippen molar-refractivity contribution in [3.8, 4) is 17.3 Å². The van der Waals surface area contributed by atoms with Gasteiger partial charge >= 0.3 is 5.97 Å². The zero-order valence-corrected chi connectivity index (χ0v) is 21.6. The summed E-state index contributed by atoms with van der Waals surface area (Å²) in [4.78, 5) is 22.1. The van der Waals surface area contributed by atoms with Gasteiger partial charge in [0, 0.05) is 36.3 Å². The molecule has 11 nitrogen and oxygen atoms in total. The van der Waals surface area contributed by atoms with Gasteiger partial charge in [-0.05, 0) is 62.5 Å². The van der Waals surface area contributed by atoms with Crippen molar-refractivity contribution in [1.82, 2.24) is 24.6 Å². The van der Waals surface area contributed by atoms with Gasteiger partial charge in [-0.15, -0.1) is 0 Å². The molecule has 4 heterocycles. The molecule has 38 heavy (non-hydrogen) atoms. The van der Waals surface area contributed by atoms with Crippen LogP contribution in [-0.2, 0) is 16.8 Å². The second kappa shape index (κ2) is 10.4. The minimum atomic E-state index is -0.789. The topological polar surface area (TPSA) is 152 Å². The number of hydrogen-bond donors (Lipinski definition) is 4. The van der Waals surface area contributed by atoms with Crippen LogP contribution in [0.25, 0.3) is 11.3 Å². The normalized spacial score (nSPS) is 19.5. The van der Waals surface area contributed by atoms with E-state index in [-0.39, 0.29) is 13.2 Å². The number of nitrogens with one attached hydrogen (secondary N) is 2. The number of aliphatic hydroxyl groups is 1. The largest absolute Gasteiger partial charge is 0.480 e. The molecule has 2 aliphatic rings. The second-order valence-electron chi connectivity index (χ2n) is 10.5. The van der Waals surface area contributed by atoms with E-state index in [0.717, 1.165) is 60.8 Å². The van der Waals surface area contributed by atoms with Gasteiger partial charge in [0.05, 0.1) is 35.8 Å². The van der Waals surface area contributed by atoms with E-state index in [9.17, 15) is 15.2 Å². The van der Waals surface area contributed by atoms with Gasteiger partial charge in [-0.3, -0.25) is 9.69 Å². The molecule has 0 spiro atoms. The molecule has 2 aliphatic heterocycles. The minimum absolute atomic E-state index is 0.0280. The summed E-state index contributed by atoms with van der Waals surface area (Å²) in [6, 6.07) is 9.83. The van der Waals surface area contributed by atoms with Crippen LogP contribution in [0.3, 0.4) is 0 Å². The number of anilines is 3. The molecule has 0 aliphatic carbocycles. The van der Waals surface area contributed by atoms with Gasteiger partial charge in [0.15, 0.2) is 0 Å². The maximum absolute atomic E-state index is 11.0. The number of rotatable bonds is 8. The van der Waals surface area contributed by atoms with Crippen LogP contribution in [0, 0.1) is 24.2 Å². The number of fused-ring (bicyclic) bond motifs is 1. The van der Waals surface area contributed by atoms with Crippen LogP contribution >= 0.6 is 0 Å². The van der Waals surface area contributed by atoms with E-state index < -0.39 is 11.4 Å². The second-order valence-corrected chi connectivity index (χ2v) is 10.5. The van der Waals surface area contributed by atoms with E-state index in [1.165, 1.54) is 0 Å². The van der Waals surface area contributed by atoms with Gasteiger partial charge in [0.1, 0.15) is 11.9 Å². The quantitative estimate of drug-likeness (QED) is 0.352. The van der Waals surface area contributed by atoms with Gasteiger partial charge in [-0.25, -0.2) is 14.6 Å². The maximum Gasteiger partial charge on any atom is 0.317 e. The smallest absolute Gasteiger partial charge is 0.317 e. The Morgan fingerprint density at radius 1 is 1.32 bits per heavy atom. The first-order chi connectivity index (χ1) is 18.3. The molecule has 198 valence electrons. The fraction of sp³-hybridized carbons (Fsp3) is 0.444. The lowest BCUT2D eigenvalue weighted by atomic mass is 9.83. The van der Waals surface area contributed by atoms with Crippen LogP contribution in [0.15, 0.2) is 30.5 Å². The van der Waals surface area contributed by atoms with Crippen LogP contribution in [0.2, 0.25) is 0 Å². The Labute approximate surface area is 221 Å². The first-order valence-corrected chi connectivity index (χ1v) is 12.8. The molecule has 0 bridgehead atoms. The maximum atomic E-state index is 11.0. The van der Waals surface area contributed by atoms with Gasteiger partial charge in [-0.2, -0.15) is 10.4 Å². The van der Waals surface area contributed by atoms with Gasteiger partial charge < -0.3 is 20.8 Å². The van der Waals surface area contributed by atoms with E-state index in [2.05, 4.69) is 26.8 Å². The highest BCUT2D eigenvalue weighted by Gasteiger charge is 2.36. The predicted octanol–water partition coefficient (Wildman–Crippen LogP) is 2.74. The van der Waals surface area contributed by atoms with Crippen LogP contribution < -0.4 is 10.6 Å². The summed E-state index contributed by atoms with van der Waals surface area (Å²) in [6.45, 7) is 6.79. The number of nitrogens with zero attached hydrogens (tertiary/aromatic N) is 6. The number of aromatic nitrogens is 4. The minimum Gasteiger partial charge on any atom is -0.480 e. The van der Waals surface area contributed by atoms with E-state index in [0.29, 0.717) is 29.7 Å². The number of carboxylic acid groups (broad SMARTS) is 1. The standard InChI is InChI=1S/C27H32N8O3/c1-17-9-23(35(33-17)13-18-4-7-34(8-5-18)14-24(37)38)32-26-29-6-3-22(31-26)19-10-20(12-28)25-21(11-19)27(2,16-36)15-30-25/h3,6,9-11,18,30,36H,4-5,7-8,13-16H2,1-2H3,(H,37,38)(H,29,31,32)/t27-/m1/s1. The van der Waals surface area contributed by atoms with Gasteiger partial charge in [0.25, 0.3) is 0 Å². The van der Waals surface area contributed by atoms with Crippen LogP contribution in [0.4, 0.5) is 17.5 Å². The number of aliphatic carboxylic acids is 1. The molecule has 0 radical (unpaired) electrons. The van der Waals surface area contributed by atoms with Crippen molar-refractivity contribution in [2.45, 2.75) is 38.6 Å². The van der Waals surface area contributed by atoms with Crippen LogP contribution in [0.1, 0.15) is 36.6 Å².